The van der Waals surface area contributed by atoms with E-state index in [-0.39, 0.29) is 29.2 Å². The van der Waals surface area contributed by atoms with Crippen LogP contribution in [0.15, 0.2) is 70.0 Å². The Labute approximate surface area is 197 Å². The first-order valence-electron chi connectivity index (χ1n) is 11.5. The third-order valence-electron chi connectivity index (χ3n) is 6.68. The van der Waals surface area contributed by atoms with E-state index in [9.17, 15) is 9.59 Å². The number of nitrogens with one attached hydrogen (secondary N) is 1. The molecule has 0 radical (unpaired) electrons. The minimum atomic E-state index is -0.365. The van der Waals surface area contributed by atoms with Crippen LogP contribution in [0.4, 0.5) is 0 Å². The average molecular weight is 458 g/mol. The van der Waals surface area contributed by atoms with Crippen LogP contribution in [0.25, 0.3) is 21.9 Å². The second kappa shape index (κ2) is 9.27. The minimum Gasteiger partial charge on any atom is -0.497 e. The van der Waals surface area contributed by atoms with E-state index in [1.807, 2.05) is 12.3 Å². The zero-order chi connectivity index (χ0) is 23.7. The van der Waals surface area contributed by atoms with Gasteiger partial charge in [0.1, 0.15) is 11.3 Å². The minimum absolute atomic E-state index is 0.0197. The monoisotopic (exact) mass is 457 g/mol. The number of hydrogen-bond donors (Lipinski definition) is 1. The highest BCUT2D eigenvalue weighted by Gasteiger charge is 2.26. The summed E-state index contributed by atoms with van der Waals surface area (Å²) < 4.78 is 10.9. The Morgan fingerprint density at radius 3 is 2.76 bits per heavy atom. The van der Waals surface area contributed by atoms with Gasteiger partial charge in [0.2, 0.25) is 0 Å². The molecule has 2 aromatic carbocycles. The Balaban J connectivity index is 1.23. The summed E-state index contributed by atoms with van der Waals surface area (Å²) in [5.74, 6) is 0.221. The average Bonchev–Trinajstić information content (AvgIpc) is 2.88. The van der Waals surface area contributed by atoms with Gasteiger partial charge in [-0.2, -0.15) is 0 Å². The van der Waals surface area contributed by atoms with Gasteiger partial charge in [0.25, 0.3) is 5.91 Å². The van der Waals surface area contributed by atoms with E-state index in [4.69, 9.17) is 9.15 Å². The molecule has 2 aromatic heterocycles. The first-order chi connectivity index (χ1) is 16.5. The molecule has 1 amide bonds. The number of benzene rings is 2. The summed E-state index contributed by atoms with van der Waals surface area (Å²) in [5.41, 5.74) is 2.35. The fourth-order valence-electron chi connectivity index (χ4n) is 4.63. The van der Waals surface area contributed by atoms with Crippen molar-refractivity contribution in [2.24, 2.45) is 0 Å². The number of aromatic nitrogens is 1. The summed E-state index contributed by atoms with van der Waals surface area (Å²) in [6.45, 7) is 3.96. The second-order valence-electron chi connectivity index (χ2n) is 8.75. The molecule has 1 fully saturated rings. The second-order valence-corrected chi connectivity index (χ2v) is 8.75. The van der Waals surface area contributed by atoms with Gasteiger partial charge < -0.3 is 14.5 Å². The van der Waals surface area contributed by atoms with Gasteiger partial charge >= 0.3 is 0 Å². The first kappa shape index (κ1) is 22.1. The van der Waals surface area contributed by atoms with Crippen LogP contribution < -0.4 is 15.5 Å². The topological polar surface area (TPSA) is 84.7 Å². The fraction of sp³-hybridized carbons (Fsp3) is 0.296. The van der Waals surface area contributed by atoms with Crippen LogP contribution in [0.1, 0.15) is 41.9 Å². The molecule has 0 aliphatic carbocycles. The van der Waals surface area contributed by atoms with Crippen LogP contribution in [-0.4, -0.2) is 42.0 Å². The van der Waals surface area contributed by atoms with Gasteiger partial charge in [-0.05, 0) is 55.7 Å². The van der Waals surface area contributed by atoms with E-state index < -0.39 is 0 Å². The lowest BCUT2D eigenvalue weighted by Gasteiger charge is -2.36. The molecule has 1 saturated heterocycles. The van der Waals surface area contributed by atoms with Gasteiger partial charge in [-0.1, -0.05) is 12.1 Å². The fourth-order valence-corrected chi connectivity index (χ4v) is 4.63. The molecule has 3 heterocycles. The zero-order valence-electron chi connectivity index (χ0n) is 19.3. The van der Waals surface area contributed by atoms with E-state index in [2.05, 4.69) is 46.4 Å². The number of methoxy groups -OCH3 is 1. The molecular weight excluding hydrogens is 430 g/mol. The van der Waals surface area contributed by atoms with Crippen LogP contribution in [0.5, 0.6) is 5.75 Å². The van der Waals surface area contributed by atoms with Crippen molar-refractivity contribution < 1.29 is 13.9 Å². The van der Waals surface area contributed by atoms with Crippen molar-refractivity contribution in [1.29, 1.82) is 0 Å². The maximum absolute atomic E-state index is 12.8. The number of rotatable bonds is 5. The first-order valence-corrected chi connectivity index (χ1v) is 11.5. The third-order valence-corrected chi connectivity index (χ3v) is 6.68. The molecule has 4 aromatic rings. The molecule has 7 heteroatoms. The molecule has 1 N–H and O–H groups in total. The van der Waals surface area contributed by atoms with Crippen molar-refractivity contribution in [3.05, 3.63) is 82.3 Å². The highest BCUT2D eigenvalue weighted by Crippen LogP contribution is 2.27. The van der Waals surface area contributed by atoms with E-state index >= 15 is 0 Å². The highest BCUT2D eigenvalue weighted by molar-refractivity contribution is 5.93. The number of pyridine rings is 1. The van der Waals surface area contributed by atoms with E-state index in [1.165, 1.54) is 11.6 Å². The molecular formula is C27H27N3O4. The summed E-state index contributed by atoms with van der Waals surface area (Å²) in [6, 6.07) is 17.0. The summed E-state index contributed by atoms with van der Waals surface area (Å²) in [4.78, 5) is 32.1. The highest BCUT2D eigenvalue weighted by atomic mass is 16.5. The number of amides is 1. The van der Waals surface area contributed by atoms with Gasteiger partial charge in [-0.15, -0.1) is 0 Å². The number of likely N-dealkylation sites (tertiary alicyclic amines) is 1. The number of hydrogen-bond acceptors (Lipinski definition) is 6. The van der Waals surface area contributed by atoms with Crippen LogP contribution in [-0.2, 0) is 0 Å². The lowest BCUT2D eigenvalue weighted by Crippen LogP contribution is -2.45. The standard InChI is InChI=1S/C27H27N3O4/c1-17(18-5-8-23-19(14-18)4-3-11-28-23)30-12-9-20(10-13-30)29-27(32)26-16-24(31)22-7-6-21(33-2)15-25(22)34-26/h3-8,11,14-17,20H,9-10,12-13H2,1-2H3,(H,29,32)/t17-/m0/s1. The van der Waals surface area contributed by atoms with Crippen molar-refractivity contribution in [3.8, 4) is 5.75 Å². The quantitative estimate of drug-likeness (QED) is 0.481. The molecule has 0 saturated carbocycles. The van der Waals surface area contributed by atoms with Crippen molar-refractivity contribution >= 4 is 27.8 Å². The maximum atomic E-state index is 12.8. The molecule has 1 aliphatic rings. The van der Waals surface area contributed by atoms with Crippen LogP contribution in [0, 0.1) is 0 Å². The Kier molecular flexibility index (Phi) is 6.02. The summed E-state index contributed by atoms with van der Waals surface area (Å²) in [6.07, 6.45) is 3.47. The largest absolute Gasteiger partial charge is 0.497 e. The lowest BCUT2D eigenvalue weighted by molar-refractivity contribution is 0.0869. The number of ether oxygens (including phenoxy) is 1. The SMILES string of the molecule is COc1ccc2c(=O)cc(C(=O)NC3CCN([C@@H](C)c4ccc5ncccc5c4)CC3)oc2c1. The van der Waals surface area contributed by atoms with Crippen molar-refractivity contribution in [1.82, 2.24) is 15.2 Å². The lowest BCUT2D eigenvalue weighted by atomic mass is 9.99. The summed E-state index contributed by atoms with van der Waals surface area (Å²) in [7, 11) is 1.54. The van der Waals surface area contributed by atoms with E-state index in [1.54, 1.807) is 25.3 Å². The molecule has 1 aliphatic heterocycles. The van der Waals surface area contributed by atoms with Crippen LogP contribution >= 0.6 is 0 Å². The number of carbonyl (C=O) groups excluding carboxylic acids is 1. The Bertz CT molecular complexity index is 1410. The predicted molar refractivity (Wildman–Crippen MR) is 131 cm³/mol. The van der Waals surface area contributed by atoms with Gasteiger partial charge in [0.15, 0.2) is 11.2 Å². The Morgan fingerprint density at radius 1 is 1.15 bits per heavy atom. The Hall–Kier alpha value is -3.71. The predicted octanol–water partition coefficient (Wildman–Crippen LogP) is 4.31. The smallest absolute Gasteiger partial charge is 0.287 e. The van der Waals surface area contributed by atoms with Gasteiger partial charge in [-0.25, -0.2) is 0 Å². The molecule has 0 unspecified atom stereocenters. The van der Waals surface area contributed by atoms with Crippen molar-refractivity contribution in [2.75, 3.05) is 20.2 Å². The molecule has 0 spiro atoms. The molecule has 34 heavy (non-hydrogen) atoms. The van der Waals surface area contributed by atoms with Crippen molar-refractivity contribution in [2.45, 2.75) is 31.8 Å². The van der Waals surface area contributed by atoms with Crippen LogP contribution in [0.3, 0.4) is 0 Å². The number of nitrogens with zero attached hydrogens (tertiary/aromatic N) is 2. The van der Waals surface area contributed by atoms with Gasteiger partial charge in [0, 0.05) is 48.9 Å². The summed E-state index contributed by atoms with van der Waals surface area (Å²) >= 11 is 0. The summed E-state index contributed by atoms with van der Waals surface area (Å²) in [5, 5.41) is 4.60. The van der Waals surface area contributed by atoms with Gasteiger partial charge in [0.05, 0.1) is 18.0 Å². The number of piperidine rings is 1. The van der Waals surface area contributed by atoms with E-state index in [0.717, 1.165) is 36.8 Å². The van der Waals surface area contributed by atoms with Crippen LogP contribution in [0.2, 0.25) is 0 Å². The maximum Gasteiger partial charge on any atom is 0.287 e. The molecule has 174 valence electrons. The molecule has 1 atom stereocenters. The van der Waals surface area contributed by atoms with E-state index in [0.29, 0.717) is 16.7 Å². The molecule has 5 rings (SSSR count). The molecule has 0 bridgehead atoms. The van der Waals surface area contributed by atoms with Crippen molar-refractivity contribution in [3.63, 3.8) is 0 Å². The Morgan fingerprint density at radius 2 is 1.97 bits per heavy atom. The zero-order valence-corrected chi connectivity index (χ0v) is 19.3. The third kappa shape index (κ3) is 4.39. The molecule has 7 nitrogen and oxygen atoms in total. The number of carbonyl (C=O) groups is 1. The number of fused-ring (bicyclic) bond motifs is 2. The normalized spacial score (nSPS) is 15.9. The van der Waals surface area contributed by atoms with Gasteiger partial charge in [-0.3, -0.25) is 19.5 Å².